The molecule has 1 saturated heterocycles. The standard InChI is InChI=1S/C9H16N2O/c12-9(7-3-4-7)11-8-2-1-5-10-6-8/h7-8,10H,1-6H2,(H,11,12)/t8-/m1/s1. The quantitative estimate of drug-likeness (QED) is 0.621. The smallest absolute Gasteiger partial charge is 0.223 e. The van der Waals surface area contributed by atoms with Crippen LogP contribution in [-0.4, -0.2) is 25.0 Å². The average molecular weight is 168 g/mol. The van der Waals surface area contributed by atoms with Gasteiger partial charge in [-0.25, -0.2) is 0 Å². The van der Waals surface area contributed by atoms with Crippen LogP contribution in [0.1, 0.15) is 25.7 Å². The van der Waals surface area contributed by atoms with Crippen molar-refractivity contribution in [3.05, 3.63) is 0 Å². The Labute approximate surface area is 72.9 Å². The predicted molar refractivity (Wildman–Crippen MR) is 46.8 cm³/mol. The van der Waals surface area contributed by atoms with E-state index in [1.807, 2.05) is 0 Å². The van der Waals surface area contributed by atoms with Gasteiger partial charge in [0, 0.05) is 18.5 Å². The summed E-state index contributed by atoms with van der Waals surface area (Å²) in [7, 11) is 0. The number of carbonyl (C=O) groups is 1. The molecule has 1 heterocycles. The molecule has 0 radical (unpaired) electrons. The van der Waals surface area contributed by atoms with Gasteiger partial charge < -0.3 is 10.6 Å². The minimum atomic E-state index is 0.281. The molecule has 2 rings (SSSR count). The highest BCUT2D eigenvalue weighted by Gasteiger charge is 2.30. The highest BCUT2D eigenvalue weighted by Crippen LogP contribution is 2.29. The summed E-state index contributed by atoms with van der Waals surface area (Å²) >= 11 is 0. The maximum Gasteiger partial charge on any atom is 0.223 e. The van der Waals surface area contributed by atoms with Crippen LogP contribution in [0.5, 0.6) is 0 Å². The first-order valence-corrected chi connectivity index (χ1v) is 4.87. The van der Waals surface area contributed by atoms with Crippen molar-refractivity contribution in [3.8, 4) is 0 Å². The first-order valence-electron chi connectivity index (χ1n) is 4.87. The van der Waals surface area contributed by atoms with E-state index in [9.17, 15) is 4.79 Å². The molecule has 1 saturated carbocycles. The Morgan fingerprint density at radius 2 is 2.17 bits per heavy atom. The lowest BCUT2D eigenvalue weighted by Gasteiger charge is -2.23. The summed E-state index contributed by atoms with van der Waals surface area (Å²) in [6.07, 6.45) is 4.54. The Morgan fingerprint density at radius 1 is 1.33 bits per heavy atom. The van der Waals surface area contributed by atoms with Crippen molar-refractivity contribution in [2.24, 2.45) is 5.92 Å². The summed E-state index contributed by atoms with van der Waals surface area (Å²) in [4.78, 5) is 11.3. The number of nitrogens with one attached hydrogen (secondary N) is 2. The number of piperidine rings is 1. The molecule has 1 aliphatic carbocycles. The molecular weight excluding hydrogens is 152 g/mol. The summed E-state index contributed by atoms with van der Waals surface area (Å²) in [5.41, 5.74) is 0. The predicted octanol–water partition coefficient (Wildman–Crippen LogP) is 0.265. The summed E-state index contributed by atoms with van der Waals surface area (Å²) in [5.74, 6) is 0.635. The normalized spacial score (nSPS) is 29.8. The molecule has 0 spiro atoms. The van der Waals surface area contributed by atoms with E-state index in [2.05, 4.69) is 10.6 Å². The van der Waals surface area contributed by atoms with Gasteiger partial charge in [-0.2, -0.15) is 0 Å². The maximum absolute atomic E-state index is 11.3. The van der Waals surface area contributed by atoms with Crippen molar-refractivity contribution in [3.63, 3.8) is 0 Å². The van der Waals surface area contributed by atoms with E-state index >= 15 is 0 Å². The van der Waals surface area contributed by atoms with Gasteiger partial charge in [-0.3, -0.25) is 4.79 Å². The molecule has 3 heteroatoms. The second-order valence-corrected chi connectivity index (χ2v) is 3.83. The highest BCUT2D eigenvalue weighted by atomic mass is 16.2. The van der Waals surface area contributed by atoms with Gasteiger partial charge in [0.25, 0.3) is 0 Å². The fraction of sp³-hybridized carbons (Fsp3) is 0.889. The van der Waals surface area contributed by atoms with Gasteiger partial charge in [0.05, 0.1) is 0 Å². The first kappa shape index (κ1) is 8.05. The Hall–Kier alpha value is -0.570. The zero-order valence-electron chi connectivity index (χ0n) is 7.31. The van der Waals surface area contributed by atoms with E-state index in [1.54, 1.807) is 0 Å². The minimum Gasteiger partial charge on any atom is -0.352 e. The number of hydrogen-bond donors (Lipinski definition) is 2. The van der Waals surface area contributed by atoms with Crippen LogP contribution in [0.4, 0.5) is 0 Å². The van der Waals surface area contributed by atoms with Crippen molar-refractivity contribution in [1.29, 1.82) is 0 Å². The summed E-state index contributed by atoms with van der Waals surface area (Å²) < 4.78 is 0. The molecule has 1 amide bonds. The second-order valence-electron chi connectivity index (χ2n) is 3.83. The van der Waals surface area contributed by atoms with Crippen LogP contribution < -0.4 is 10.6 Å². The number of amides is 1. The zero-order chi connectivity index (χ0) is 8.39. The number of hydrogen-bond acceptors (Lipinski definition) is 2. The minimum absolute atomic E-state index is 0.281. The summed E-state index contributed by atoms with van der Waals surface area (Å²) in [6.45, 7) is 2.06. The van der Waals surface area contributed by atoms with E-state index in [0.717, 1.165) is 32.4 Å². The summed E-state index contributed by atoms with van der Waals surface area (Å²) in [5, 5.41) is 6.36. The number of rotatable bonds is 2. The molecule has 1 atom stereocenters. The number of carbonyl (C=O) groups excluding carboxylic acids is 1. The van der Waals surface area contributed by atoms with Crippen LogP contribution in [0.15, 0.2) is 0 Å². The topological polar surface area (TPSA) is 41.1 Å². The van der Waals surface area contributed by atoms with Gasteiger partial charge >= 0.3 is 0 Å². The Morgan fingerprint density at radius 3 is 2.75 bits per heavy atom. The van der Waals surface area contributed by atoms with Crippen molar-refractivity contribution in [1.82, 2.24) is 10.6 Å². The van der Waals surface area contributed by atoms with Crippen LogP contribution in [0, 0.1) is 5.92 Å². The molecule has 2 N–H and O–H groups in total. The van der Waals surface area contributed by atoms with Crippen LogP contribution >= 0.6 is 0 Å². The summed E-state index contributed by atoms with van der Waals surface area (Å²) in [6, 6.07) is 0.395. The van der Waals surface area contributed by atoms with Crippen molar-refractivity contribution in [2.45, 2.75) is 31.7 Å². The van der Waals surface area contributed by atoms with Gasteiger partial charge in [-0.15, -0.1) is 0 Å². The van der Waals surface area contributed by atoms with Crippen LogP contribution in [-0.2, 0) is 4.79 Å². The molecule has 3 nitrogen and oxygen atoms in total. The first-order chi connectivity index (χ1) is 5.86. The molecule has 0 aromatic carbocycles. The molecule has 12 heavy (non-hydrogen) atoms. The fourth-order valence-electron chi connectivity index (χ4n) is 1.64. The van der Waals surface area contributed by atoms with E-state index < -0.39 is 0 Å². The van der Waals surface area contributed by atoms with E-state index in [4.69, 9.17) is 0 Å². The SMILES string of the molecule is O=C(N[C@@H]1CCCNC1)C1CC1. The van der Waals surface area contributed by atoms with Crippen LogP contribution in [0.25, 0.3) is 0 Å². The molecular formula is C9H16N2O. The Balaban J connectivity index is 1.73. The molecule has 68 valence electrons. The van der Waals surface area contributed by atoms with Crippen LogP contribution in [0.2, 0.25) is 0 Å². The van der Waals surface area contributed by atoms with Gasteiger partial charge in [-0.05, 0) is 32.2 Å². The van der Waals surface area contributed by atoms with Gasteiger partial charge in [-0.1, -0.05) is 0 Å². The van der Waals surface area contributed by atoms with Gasteiger partial charge in [0.2, 0.25) is 5.91 Å². The third kappa shape index (κ3) is 1.97. The average Bonchev–Trinajstić information content (AvgIpc) is 2.88. The monoisotopic (exact) mass is 168 g/mol. The van der Waals surface area contributed by atoms with Crippen molar-refractivity contribution < 1.29 is 4.79 Å². The lowest BCUT2D eigenvalue weighted by atomic mass is 10.1. The molecule has 1 aliphatic heterocycles. The Kier molecular flexibility index (Phi) is 2.30. The molecule has 2 aliphatic rings. The molecule has 0 aromatic heterocycles. The fourth-order valence-corrected chi connectivity index (χ4v) is 1.64. The lowest BCUT2D eigenvalue weighted by molar-refractivity contribution is -0.123. The highest BCUT2D eigenvalue weighted by molar-refractivity contribution is 5.81. The molecule has 0 bridgehead atoms. The van der Waals surface area contributed by atoms with Crippen molar-refractivity contribution in [2.75, 3.05) is 13.1 Å². The third-order valence-electron chi connectivity index (χ3n) is 2.59. The molecule has 0 unspecified atom stereocenters. The Bertz CT molecular complexity index is 171. The second kappa shape index (κ2) is 3.44. The van der Waals surface area contributed by atoms with E-state index in [1.165, 1.54) is 6.42 Å². The lowest BCUT2D eigenvalue weighted by Crippen LogP contribution is -2.46. The zero-order valence-corrected chi connectivity index (χ0v) is 7.31. The largest absolute Gasteiger partial charge is 0.352 e. The molecule has 2 fully saturated rings. The van der Waals surface area contributed by atoms with E-state index in [-0.39, 0.29) is 5.91 Å². The van der Waals surface area contributed by atoms with E-state index in [0.29, 0.717) is 12.0 Å². The van der Waals surface area contributed by atoms with Crippen LogP contribution in [0.3, 0.4) is 0 Å². The van der Waals surface area contributed by atoms with Gasteiger partial charge in [0.1, 0.15) is 0 Å². The maximum atomic E-state index is 11.3. The molecule has 0 aromatic rings. The van der Waals surface area contributed by atoms with Gasteiger partial charge in [0.15, 0.2) is 0 Å². The third-order valence-corrected chi connectivity index (χ3v) is 2.59. The van der Waals surface area contributed by atoms with Crippen molar-refractivity contribution >= 4 is 5.91 Å².